The van der Waals surface area contributed by atoms with Crippen LogP contribution in [0.5, 0.6) is 0 Å². The van der Waals surface area contributed by atoms with Gasteiger partial charge in [-0.3, -0.25) is 4.98 Å². The molecule has 0 radical (unpaired) electrons. The van der Waals surface area contributed by atoms with E-state index < -0.39 is 0 Å². The number of benzene rings is 2. The molecular weight excluding hydrogens is 294 g/mol. The first-order chi connectivity index (χ1) is 11.7. The van der Waals surface area contributed by atoms with E-state index in [4.69, 9.17) is 11.5 Å². The van der Waals surface area contributed by atoms with Gasteiger partial charge in [0.1, 0.15) is 0 Å². The third-order valence-corrected chi connectivity index (χ3v) is 5.34. The molecule has 0 spiro atoms. The third kappa shape index (κ3) is 2.70. The molecule has 0 bridgehead atoms. The number of aromatic nitrogens is 1. The number of hydrogen-bond acceptors (Lipinski definition) is 3. The van der Waals surface area contributed by atoms with Crippen LogP contribution < -0.4 is 11.5 Å². The first-order valence-corrected chi connectivity index (χ1v) is 8.64. The van der Waals surface area contributed by atoms with E-state index in [0.717, 1.165) is 36.6 Å². The van der Waals surface area contributed by atoms with Crippen molar-refractivity contribution in [3.63, 3.8) is 0 Å². The van der Waals surface area contributed by atoms with Gasteiger partial charge in [0.15, 0.2) is 0 Å². The highest BCUT2D eigenvalue weighted by Gasteiger charge is 2.32. The number of hydrogen-bond donors (Lipinski definition) is 2. The molecule has 1 heterocycles. The van der Waals surface area contributed by atoms with Crippen molar-refractivity contribution in [1.29, 1.82) is 0 Å². The van der Waals surface area contributed by atoms with Gasteiger partial charge in [0, 0.05) is 34.9 Å². The summed E-state index contributed by atoms with van der Waals surface area (Å²) < 4.78 is 0. The maximum atomic E-state index is 6.75. The first-order valence-electron chi connectivity index (χ1n) is 8.64. The summed E-state index contributed by atoms with van der Waals surface area (Å²) in [4.78, 5) is 4.41. The molecule has 24 heavy (non-hydrogen) atoms. The van der Waals surface area contributed by atoms with Crippen LogP contribution in [0, 0.1) is 0 Å². The fourth-order valence-corrected chi connectivity index (χ4v) is 3.77. The molecule has 1 aliphatic rings. The standard InChI is InChI=1S/C21H23N3/c22-18-8-10-21(23,11-9-18)17-7-6-16-13-24-14-20(19(16)12-17)15-4-2-1-3-5-15/h1-7,12-14,18H,8-11,22-23H2. The summed E-state index contributed by atoms with van der Waals surface area (Å²) in [6.07, 6.45) is 7.76. The maximum Gasteiger partial charge on any atom is 0.0411 e. The molecule has 4 N–H and O–H groups in total. The Kier molecular flexibility index (Phi) is 3.83. The Morgan fingerprint density at radius 2 is 1.71 bits per heavy atom. The molecule has 0 atom stereocenters. The molecule has 1 saturated carbocycles. The van der Waals surface area contributed by atoms with Crippen molar-refractivity contribution in [3.8, 4) is 11.1 Å². The third-order valence-electron chi connectivity index (χ3n) is 5.34. The summed E-state index contributed by atoms with van der Waals surface area (Å²) in [6, 6.07) is 17.3. The fraction of sp³-hybridized carbons (Fsp3) is 0.286. The minimum Gasteiger partial charge on any atom is -0.328 e. The molecule has 3 nitrogen and oxygen atoms in total. The lowest BCUT2D eigenvalue weighted by Crippen LogP contribution is -2.43. The lowest BCUT2D eigenvalue weighted by molar-refractivity contribution is 0.278. The molecule has 0 amide bonds. The van der Waals surface area contributed by atoms with Crippen LogP contribution in [0.1, 0.15) is 31.2 Å². The van der Waals surface area contributed by atoms with Gasteiger partial charge < -0.3 is 11.5 Å². The van der Waals surface area contributed by atoms with Crippen molar-refractivity contribution < 1.29 is 0 Å². The summed E-state index contributed by atoms with van der Waals surface area (Å²) in [5.74, 6) is 0. The first kappa shape index (κ1) is 15.3. The minimum atomic E-state index is -0.263. The second-order valence-electron chi connectivity index (χ2n) is 6.98. The summed E-state index contributed by atoms with van der Waals surface area (Å²) in [5.41, 5.74) is 16.1. The Bertz CT molecular complexity index is 849. The van der Waals surface area contributed by atoms with Crippen LogP contribution in [0.4, 0.5) is 0 Å². The SMILES string of the molecule is NC1CCC(N)(c2ccc3cncc(-c4ccccc4)c3c2)CC1. The summed E-state index contributed by atoms with van der Waals surface area (Å²) in [5, 5.41) is 2.37. The van der Waals surface area contributed by atoms with E-state index in [0.29, 0.717) is 6.04 Å². The topological polar surface area (TPSA) is 64.9 Å². The van der Waals surface area contributed by atoms with Crippen LogP contribution in [-0.2, 0) is 5.54 Å². The van der Waals surface area contributed by atoms with E-state index in [9.17, 15) is 0 Å². The van der Waals surface area contributed by atoms with Crippen LogP contribution >= 0.6 is 0 Å². The Morgan fingerprint density at radius 3 is 2.46 bits per heavy atom. The van der Waals surface area contributed by atoms with Gasteiger partial charge in [-0.25, -0.2) is 0 Å². The zero-order chi connectivity index (χ0) is 16.6. The fourth-order valence-electron chi connectivity index (χ4n) is 3.77. The van der Waals surface area contributed by atoms with Gasteiger partial charge in [-0.2, -0.15) is 0 Å². The highest BCUT2D eigenvalue weighted by Crippen LogP contribution is 2.37. The maximum absolute atomic E-state index is 6.75. The average Bonchev–Trinajstić information content (AvgIpc) is 2.64. The van der Waals surface area contributed by atoms with Crippen LogP contribution in [0.15, 0.2) is 60.9 Å². The van der Waals surface area contributed by atoms with Gasteiger partial charge in [-0.1, -0.05) is 42.5 Å². The number of fused-ring (bicyclic) bond motifs is 1. The van der Waals surface area contributed by atoms with Gasteiger partial charge in [-0.15, -0.1) is 0 Å². The van der Waals surface area contributed by atoms with Crippen LogP contribution in [0.25, 0.3) is 21.9 Å². The molecular formula is C21H23N3. The van der Waals surface area contributed by atoms with Crippen molar-refractivity contribution in [2.45, 2.75) is 37.3 Å². The quantitative estimate of drug-likeness (QED) is 0.752. The Hall–Kier alpha value is -2.23. The van der Waals surface area contributed by atoms with Gasteiger partial charge in [0.05, 0.1) is 0 Å². The van der Waals surface area contributed by atoms with Gasteiger partial charge >= 0.3 is 0 Å². The molecule has 1 aliphatic carbocycles. The Balaban J connectivity index is 1.83. The van der Waals surface area contributed by atoms with E-state index in [2.05, 4.69) is 47.4 Å². The van der Waals surface area contributed by atoms with Crippen molar-refractivity contribution in [2.24, 2.45) is 11.5 Å². The van der Waals surface area contributed by atoms with Crippen molar-refractivity contribution >= 4 is 10.8 Å². The molecule has 0 aliphatic heterocycles. The monoisotopic (exact) mass is 317 g/mol. The van der Waals surface area contributed by atoms with Gasteiger partial charge in [0.25, 0.3) is 0 Å². The zero-order valence-electron chi connectivity index (χ0n) is 13.8. The highest BCUT2D eigenvalue weighted by atomic mass is 14.8. The number of pyridine rings is 1. The predicted molar refractivity (Wildman–Crippen MR) is 99.5 cm³/mol. The molecule has 122 valence electrons. The average molecular weight is 317 g/mol. The van der Waals surface area contributed by atoms with Gasteiger partial charge in [0.2, 0.25) is 0 Å². The molecule has 3 aromatic rings. The molecule has 0 unspecified atom stereocenters. The predicted octanol–water partition coefficient (Wildman–Crippen LogP) is 3.96. The van der Waals surface area contributed by atoms with Crippen LogP contribution in [0.3, 0.4) is 0 Å². The van der Waals surface area contributed by atoms with Crippen LogP contribution in [0.2, 0.25) is 0 Å². The summed E-state index contributed by atoms with van der Waals surface area (Å²) >= 11 is 0. The molecule has 2 aromatic carbocycles. The summed E-state index contributed by atoms with van der Waals surface area (Å²) in [6.45, 7) is 0. The lowest BCUT2D eigenvalue weighted by atomic mass is 9.75. The Morgan fingerprint density at radius 1 is 0.958 bits per heavy atom. The van der Waals surface area contributed by atoms with E-state index in [1.165, 1.54) is 16.5 Å². The van der Waals surface area contributed by atoms with Crippen LogP contribution in [-0.4, -0.2) is 11.0 Å². The summed E-state index contributed by atoms with van der Waals surface area (Å²) in [7, 11) is 0. The number of nitrogens with two attached hydrogens (primary N) is 2. The normalized spacial score (nSPS) is 24.2. The Labute approximate surface area is 142 Å². The molecule has 3 heteroatoms. The molecule has 0 saturated heterocycles. The number of rotatable bonds is 2. The smallest absolute Gasteiger partial charge is 0.0411 e. The van der Waals surface area contributed by atoms with Crippen molar-refractivity contribution in [3.05, 3.63) is 66.5 Å². The molecule has 4 rings (SSSR count). The second-order valence-corrected chi connectivity index (χ2v) is 6.98. The lowest BCUT2D eigenvalue weighted by Gasteiger charge is -2.36. The van der Waals surface area contributed by atoms with Crippen molar-refractivity contribution in [2.75, 3.05) is 0 Å². The molecule has 1 aromatic heterocycles. The van der Waals surface area contributed by atoms with E-state index >= 15 is 0 Å². The van der Waals surface area contributed by atoms with E-state index in [-0.39, 0.29) is 5.54 Å². The largest absolute Gasteiger partial charge is 0.328 e. The number of nitrogens with zero attached hydrogens (tertiary/aromatic N) is 1. The van der Waals surface area contributed by atoms with E-state index in [1.807, 2.05) is 18.5 Å². The van der Waals surface area contributed by atoms with Crippen molar-refractivity contribution in [1.82, 2.24) is 4.98 Å². The molecule has 1 fully saturated rings. The second kappa shape index (κ2) is 6.00. The minimum absolute atomic E-state index is 0.263. The zero-order valence-corrected chi connectivity index (χ0v) is 13.8. The van der Waals surface area contributed by atoms with E-state index in [1.54, 1.807) is 0 Å². The highest BCUT2D eigenvalue weighted by molar-refractivity contribution is 5.96. The van der Waals surface area contributed by atoms with Gasteiger partial charge in [-0.05, 0) is 48.3 Å².